The van der Waals surface area contributed by atoms with Gasteiger partial charge in [-0.2, -0.15) is 0 Å². The van der Waals surface area contributed by atoms with Crippen molar-refractivity contribution >= 4 is 11.9 Å². The summed E-state index contributed by atoms with van der Waals surface area (Å²) in [4.78, 5) is 25.6. The maximum Gasteiger partial charge on any atom is 0.303 e. The molecule has 4 heteroatoms. The van der Waals surface area contributed by atoms with Crippen LogP contribution < -0.4 is 0 Å². The lowest BCUT2D eigenvalue weighted by molar-refractivity contribution is -0.140. The van der Waals surface area contributed by atoms with Crippen LogP contribution in [0.15, 0.2) is 0 Å². The summed E-state index contributed by atoms with van der Waals surface area (Å²) < 4.78 is 0. The third-order valence-electron chi connectivity index (χ3n) is 5.82. The van der Waals surface area contributed by atoms with Crippen LogP contribution in [0.4, 0.5) is 0 Å². The van der Waals surface area contributed by atoms with Crippen molar-refractivity contribution in [2.24, 2.45) is 11.8 Å². The van der Waals surface area contributed by atoms with Crippen LogP contribution in [0.1, 0.15) is 70.6 Å². The SMILES string of the molecule is O=C(O)CC1CC2CCC(C1)N2C(=O)CCC1CCCC1. The van der Waals surface area contributed by atoms with Crippen molar-refractivity contribution in [1.29, 1.82) is 0 Å². The Labute approximate surface area is 126 Å². The lowest BCUT2D eigenvalue weighted by Crippen LogP contribution is -2.46. The van der Waals surface area contributed by atoms with E-state index in [2.05, 4.69) is 4.90 Å². The maximum absolute atomic E-state index is 12.6. The molecule has 0 aromatic heterocycles. The van der Waals surface area contributed by atoms with E-state index in [4.69, 9.17) is 5.11 Å². The molecule has 1 N–H and O–H groups in total. The molecule has 1 aliphatic carbocycles. The van der Waals surface area contributed by atoms with Gasteiger partial charge < -0.3 is 10.0 Å². The van der Waals surface area contributed by atoms with E-state index < -0.39 is 5.97 Å². The lowest BCUT2D eigenvalue weighted by Gasteiger charge is -2.39. The van der Waals surface area contributed by atoms with Crippen molar-refractivity contribution in [2.75, 3.05) is 0 Å². The second-order valence-corrected chi connectivity index (χ2v) is 7.31. The highest BCUT2D eigenvalue weighted by molar-refractivity contribution is 5.77. The largest absolute Gasteiger partial charge is 0.481 e. The Morgan fingerprint density at radius 2 is 1.57 bits per heavy atom. The Kier molecular flexibility index (Phi) is 4.51. The van der Waals surface area contributed by atoms with Gasteiger partial charge in [0.2, 0.25) is 5.91 Å². The van der Waals surface area contributed by atoms with Gasteiger partial charge in [0.15, 0.2) is 0 Å². The van der Waals surface area contributed by atoms with E-state index in [0.29, 0.717) is 24.4 Å². The number of fused-ring (bicyclic) bond motifs is 2. The highest BCUT2D eigenvalue weighted by atomic mass is 16.4. The first kappa shape index (κ1) is 14.9. The second kappa shape index (κ2) is 6.37. The first-order chi connectivity index (χ1) is 10.1. The van der Waals surface area contributed by atoms with Crippen molar-refractivity contribution in [2.45, 2.75) is 82.7 Å². The molecule has 2 heterocycles. The highest BCUT2D eigenvalue weighted by Gasteiger charge is 2.43. The van der Waals surface area contributed by atoms with Crippen LogP contribution in [0.2, 0.25) is 0 Å². The molecule has 2 bridgehead atoms. The molecule has 2 saturated heterocycles. The van der Waals surface area contributed by atoms with E-state index in [-0.39, 0.29) is 12.3 Å². The number of carboxylic acid groups (broad SMARTS) is 1. The van der Waals surface area contributed by atoms with Crippen LogP contribution in [0.25, 0.3) is 0 Å². The number of rotatable bonds is 5. The fraction of sp³-hybridized carbons (Fsp3) is 0.882. The Morgan fingerprint density at radius 3 is 2.14 bits per heavy atom. The van der Waals surface area contributed by atoms with E-state index in [1.165, 1.54) is 25.7 Å². The summed E-state index contributed by atoms with van der Waals surface area (Å²) in [5, 5.41) is 8.96. The zero-order chi connectivity index (χ0) is 14.8. The minimum atomic E-state index is -0.694. The Hall–Kier alpha value is -1.06. The quantitative estimate of drug-likeness (QED) is 0.847. The Bertz CT molecular complexity index is 389. The van der Waals surface area contributed by atoms with Crippen molar-refractivity contribution in [1.82, 2.24) is 4.90 Å². The first-order valence-electron chi connectivity index (χ1n) is 8.66. The molecule has 1 amide bonds. The third-order valence-corrected chi connectivity index (χ3v) is 5.82. The molecule has 2 atom stereocenters. The van der Waals surface area contributed by atoms with Gasteiger partial charge in [0.05, 0.1) is 0 Å². The predicted octanol–water partition coefficient (Wildman–Crippen LogP) is 3.20. The summed E-state index contributed by atoms with van der Waals surface area (Å²) in [6.07, 6.45) is 11.3. The van der Waals surface area contributed by atoms with Crippen LogP contribution in [-0.2, 0) is 9.59 Å². The maximum atomic E-state index is 12.6. The number of piperidine rings is 1. The summed E-state index contributed by atoms with van der Waals surface area (Å²) in [5.41, 5.74) is 0. The van der Waals surface area contributed by atoms with Gasteiger partial charge in [0, 0.05) is 24.9 Å². The fourth-order valence-corrected chi connectivity index (χ4v) is 4.87. The molecule has 2 unspecified atom stereocenters. The van der Waals surface area contributed by atoms with Crippen molar-refractivity contribution in [3.8, 4) is 0 Å². The molecular weight excluding hydrogens is 266 g/mol. The number of hydrogen-bond acceptors (Lipinski definition) is 2. The Balaban J connectivity index is 1.52. The first-order valence-corrected chi connectivity index (χ1v) is 8.66. The number of hydrogen-bond donors (Lipinski definition) is 1. The molecular formula is C17H27NO3. The van der Waals surface area contributed by atoms with Gasteiger partial charge >= 0.3 is 5.97 Å². The van der Waals surface area contributed by atoms with Gasteiger partial charge in [-0.25, -0.2) is 0 Å². The third kappa shape index (κ3) is 3.41. The number of nitrogens with zero attached hydrogens (tertiary/aromatic N) is 1. The topological polar surface area (TPSA) is 57.6 Å². The average Bonchev–Trinajstić information content (AvgIpc) is 3.02. The fourth-order valence-electron chi connectivity index (χ4n) is 4.87. The summed E-state index contributed by atoms with van der Waals surface area (Å²) >= 11 is 0. The van der Waals surface area contributed by atoms with Gasteiger partial charge in [-0.15, -0.1) is 0 Å². The van der Waals surface area contributed by atoms with Gasteiger partial charge in [-0.05, 0) is 43.9 Å². The normalized spacial score (nSPS) is 32.6. The molecule has 0 aromatic carbocycles. The van der Waals surface area contributed by atoms with E-state index >= 15 is 0 Å². The van der Waals surface area contributed by atoms with E-state index in [1.54, 1.807) is 0 Å². The number of carboxylic acids is 1. The second-order valence-electron chi connectivity index (χ2n) is 7.31. The zero-order valence-corrected chi connectivity index (χ0v) is 12.8. The van der Waals surface area contributed by atoms with Gasteiger partial charge in [-0.3, -0.25) is 9.59 Å². The van der Waals surface area contributed by atoms with E-state index in [0.717, 1.165) is 38.0 Å². The summed E-state index contributed by atoms with van der Waals surface area (Å²) in [7, 11) is 0. The van der Waals surface area contributed by atoms with Gasteiger partial charge in [-0.1, -0.05) is 25.7 Å². The summed E-state index contributed by atoms with van der Waals surface area (Å²) in [6, 6.07) is 0.647. The van der Waals surface area contributed by atoms with Crippen LogP contribution in [0.3, 0.4) is 0 Å². The number of aliphatic carboxylic acids is 1. The monoisotopic (exact) mass is 293 g/mol. The van der Waals surface area contributed by atoms with Crippen molar-refractivity contribution in [3.63, 3.8) is 0 Å². The minimum Gasteiger partial charge on any atom is -0.481 e. The Morgan fingerprint density at radius 1 is 0.952 bits per heavy atom. The zero-order valence-electron chi connectivity index (χ0n) is 12.8. The molecule has 21 heavy (non-hydrogen) atoms. The molecule has 1 saturated carbocycles. The van der Waals surface area contributed by atoms with Crippen LogP contribution in [0, 0.1) is 11.8 Å². The molecule has 0 spiro atoms. The van der Waals surface area contributed by atoms with Crippen LogP contribution in [0.5, 0.6) is 0 Å². The summed E-state index contributed by atoms with van der Waals surface area (Å²) in [6.45, 7) is 0. The van der Waals surface area contributed by atoms with Crippen molar-refractivity contribution < 1.29 is 14.7 Å². The average molecular weight is 293 g/mol. The number of amides is 1. The molecule has 118 valence electrons. The predicted molar refractivity (Wildman–Crippen MR) is 79.8 cm³/mol. The van der Waals surface area contributed by atoms with E-state index in [9.17, 15) is 9.59 Å². The molecule has 3 aliphatic rings. The molecule has 3 fully saturated rings. The molecule has 4 nitrogen and oxygen atoms in total. The minimum absolute atomic E-state index is 0.275. The van der Waals surface area contributed by atoms with E-state index in [1.807, 2.05) is 0 Å². The number of carbonyl (C=O) groups excluding carboxylic acids is 1. The van der Waals surface area contributed by atoms with Crippen LogP contribution in [-0.4, -0.2) is 34.0 Å². The molecule has 0 radical (unpaired) electrons. The van der Waals surface area contributed by atoms with Crippen LogP contribution >= 0.6 is 0 Å². The smallest absolute Gasteiger partial charge is 0.303 e. The highest BCUT2D eigenvalue weighted by Crippen LogP contribution is 2.40. The van der Waals surface area contributed by atoms with Gasteiger partial charge in [0.25, 0.3) is 0 Å². The molecule has 3 rings (SSSR count). The van der Waals surface area contributed by atoms with Crippen molar-refractivity contribution in [3.05, 3.63) is 0 Å². The molecule has 2 aliphatic heterocycles. The molecule has 0 aromatic rings. The lowest BCUT2D eigenvalue weighted by atomic mass is 9.87. The van der Waals surface area contributed by atoms with Gasteiger partial charge in [0.1, 0.15) is 0 Å². The number of carbonyl (C=O) groups is 2. The standard InChI is InChI=1S/C17H27NO3/c19-16(8-5-12-3-1-2-4-12)18-14-6-7-15(18)10-13(9-14)11-17(20)21/h12-15H,1-11H2,(H,20,21). The summed E-state index contributed by atoms with van der Waals surface area (Å²) in [5.74, 6) is 0.693.